The number of nitrogens with two attached hydrogens (primary N) is 5. The van der Waals surface area contributed by atoms with E-state index in [1.807, 2.05) is 0 Å². The van der Waals surface area contributed by atoms with Crippen molar-refractivity contribution in [2.24, 2.45) is 4.52 Å². The van der Waals surface area contributed by atoms with Crippen molar-refractivity contribution < 1.29 is 22.9 Å². The van der Waals surface area contributed by atoms with Crippen molar-refractivity contribution in [1.29, 1.82) is 0 Å². The topological polar surface area (TPSA) is 204 Å². The van der Waals surface area contributed by atoms with Crippen LogP contribution in [0.5, 0.6) is 28.7 Å². The Morgan fingerprint density at radius 2 is 0.894 bits per heavy atom. The summed E-state index contributed by atoms with van der Waals surface area (Å²) in [7, 11) is -4.66. The number of rotatable bonds is 10. The molecule has 1 aliphatic heterocycles. The van der Waals surface area contributed by atoms with E-state index >= 15 is 0 Å². The first-order chi connectivity index (χ1) is 22.6. The molecule has 0 saturated carbocycles. The summed E-state index contributed by atoms with van der Waals surface area (Å²) in [6, 6.07) is 33.9. The van der Waals surface area contributed by atoms with Crippen LogP contribution >= 0.6 is 34.5 Å². The Bertz CT molecular complexity index is 1890. The van der Waals surface area contributed by atoms with E-state index in [1.54, 1.807) is 121 Å². The summed E-state index contributed by atoms with van der Waals surface area (Å²) >= 11 is 7.89. The van der Waals surface area contributed by atoms with Crippen molar-refractivity contribution in [1.82, 2.24) is 9.46 Å². The maximum absolute atomic E-state index is 7.89. The molecule has 0 amide bonds. The van der Waals surface area contributed by atoms with Crippen LogP contribution in [0.3, 0.4) is 0 Å². The summed E-state index contributed by atoms with van der Waals surface area (Å²) in [5.41, 5.74) is 33.3. The van der Waals surface area contributed by atoms with E-state index in [2.05, 4.69) is 4.86 Å². The van der Waals surface area contributed by atoms with Gasteiger partial charge in [-0.3, -0.25) is 0 Å². The van der Waals surface area contributed by atoms with Gasteiger partial charge < -0.3 is 0 Å². The van der Waals surface area contributed by atoms with E-state index in [0.29, 0.717) is 0 Å². The molecule has 0 fully saturated rings. The number of benzene rings is 5. The number of para-hydroxylation sites is 10. The first-order valence-corrected chi connectivity index (χ1v) is 19.4. The molecule has 244 valence electrons. The van der Waals surface area contributed by atoms with Gasteiger partial charge >= 0.3 is 279 Å². The molecule has 11 N–H and O–H groups in total. The van der Waals surface area contributed by atoms with Crippen LogP contribution in [-0.2, 0) is 0 Å². The summed E-state index contributed by atoms with van der Waals surface area (Å²) in [5, 5.41) is 0. The van der Waals surface area contributed by atoms with Gasteiger partial charge in [0.2, 0.25) is 0 Å². The zero-order valence-corrected chi connectivity index (χ0v) is 28.2. The molecule has 0 bridgehead atoms. The molecule has 5 aromatic rings. The van der Waals surface area contributed by atoms with E-state index in [9.17, 15) is 0 Å². The summed E-state index contributed by atoms with van der Waals surface area (Å²) < 4.78 is 32.9. The molecule has 1 atom stereocenters. The van der Waals surface area contributed by atoms with Crippen LogP contribution in [0.2, 0.25) is 0 Å². The van der Waals surface area contributed by atoms with E-state index in [4.69, 9.17) is 67.4 Å². The second-order valence-corrected chi connectivity index (χ2v) is 18.1. The Balaban J connectivity index is 1.66. The number of hydrogen-bond donors (Lipinski definition) is 6. The zero-order valence-electron chi connectivity index (χ0n) is 24.6. The fourth-order valence-electron chi connectivity index (χ4n) is 4.33. The van der Waals surface area contributed by atoms with Crippen molar-refractivity contribution in [2.45, 2.75) is 0 Å². The summed E-state index contributed by atoms with van der Waals surface area (Å²) in [4.78, 5) is 9.81. The predicted molar refractivity (Wildman–Crippen MR) is 193 cm³/mol. The minimum atomic E-state index is -5.32. The van der Waals surface area contributed by atoms with Gasteiger partial charge in [0.05, 0.1) is 0 Å². The standard InChI is InChI=1S/C30H32ClN8O5P3/c31-47(43-29-19-9-4-14-24(29)35,44-30-20-10-5-15-25(30)36)38-45-37-46(41-27-17-7-2-12-22(27)33,42-28-18-8-3-13-23(28)34)39(47)40-26-16-6-1-11-21(26)32/h1-20,38,45H,32-36H2. The Morgan fingerprint density at radius 1 is 0.553 bits per heavy atom. The third-order valence-electron chi connectivity index (χ3n) is 6.64. The quantitative estimate of drug-likeness (QED) is 0.0603. The summed E-state index contributed by atoms with van der Waals surface area (Å²) in [6.45, 7) is -5.32. The fraction of sp³-hybridized carbons (Fsp3) is 0. The molecule has 1 aliphatic rings. The van der Waals surface area contributed by atoms with Crippen LogP contribution in [0.15, 0.2) is 126 Å². The third kappa shape index (κ3) is 6.50. The summed E-state index contributed by atoms with van der Waals surface area (Å²) in [5.74, 6) is 0.874. The molecular weight excluding hydrogens is 681 g/mol. The Labute approximate surface area is 277 Å². The van der Waals surface area contributed by atoms with Crippen molar-refractivity contribution >= 4 is 62.9 Å². The van der Waals surface area contributed by atoms with Gasteiger partial charge in [0, 0.05) is 0 Å². The molecule has 1 heterocycles. The third-order valence-corrected chi connectivity index (χ3v) is 16.5. The zero-order chi connectivity index (χ0) is 33.1. The molecule has 47 heavy (non-hydrogen) atoms. The van der Waals surface area contributed by atoms with Gasteiger partial charge in [-0.1, -0.05) is 0 Å². The maximum atomic E-state index is 7.89. The molecule has 0 saturated heterocycles. The number of hydrogen-bond acceptors (Lipinski definition) is 13. The van der Waals surface area contributed by atoms with Crippen molar-refractivity contribution in [2.75, 3.05) is 28.7 Å². The second kappa shape index (κ2) is 12.9. The van der Waals surface area contributed by atoms with Crippen molar-refractivity contribution in [3.05, 3.63) is 121 Å². The first kappa shape index (κ1) is 32.3. The van der Waals surface area contributed by atoms with Crippen LogP contribution in [0.25, 0.3) is 0 Å². The number of halogens is 1. The van der Waals surface area contributed by atoms with Gasteiger partial charge in [-0.2, -0.15) is 0 Å². The van der Waals surface area contributed by atoms with Crippen LogP contribution in [0.1, 0.15) is 0 Å². The van der Waals surface area contributed by atoms with Gasteiger partial charge in [0.25, 0.3) is 0 Å². The van der Waals surface area contributed by atoms with Crippen molar-refractivity contribution in [3.8, 4) is 28.7 Å². The molecule has 5 aromatic carbocycles. The molecule has 0 spiro atoms. The monoisotopic (exact) mass is 712 g/mol. The van der Waals surface area contributed by atoms with E-state index < -0.39 is 23.3 Å². The number of nitrogens with one attached hydrogen (secondary N) is 1. The Kier molecular flexibility index (Phi) is 8.87. The Morgan fingerprint density at radius 3 is 1.28 bits per heavy atom. The molecule has 13 nitrogen and oxygen atoms in total. The SMILES string of the molecule is Nc1ccccc1ON1P(Oc2ccccc2N)(Oc2ccccc2N)=NPNP1(Cl)(Oc1ccccc1N)Oc1ccccc1N. The number of nitrogens with zero attached hydrogens (tertiary/aromatic N) is 2. The average molecular weight is 713 g/mol. The van der Waals surface area contributed by atoms with Gasteiger partial charge in [-0.25, -0.2) is 0 Å². The van der Waals surface area contributed by atoms with Crippen molar-refractivity contribution in [3.63, 3.8) is 0 Å². The Hall–Kier alpha value is -4.60. The van der Waals surface area contributed by atoms with E-state index in [1.165, 1.54) is 0 Å². The normalized spacial score (nSPS) is 17.7. The molecule has 0 aliphatic carbocycles. The predicted octanol–water partition coefficient (Wildman–Crippen LogP) is 7.93. The van der Waals surface area contributed by atoms with Crippen LogP contribution in [0.4, 0.5) is 28.4 Å². The fourth-order valence-corrected chi connectivity index (χ4v) is 14.4. The second-order valence-electron chi connectivity index (χ2n) is 10.0. The number of anilines is 5. The van der Waals surface area contributed by atoms with Gasteiger partial charge in [-0.05, 0) is 0 Å². The molecule has 0 radical (unpaired) electrons. The molecule has 1 unspecified atom stereocenters. The van der Waals surface area contributed by atoms with E-state index in [0.717, 1.165) is 4.60 Å². The molecule has 17 heteroatoms. The number of nitrogen functional groups attached to an aromatic ring is 5. The van der Waals surface area contributed by atoms with E-state index in [-0.39, 0.29) is 57.2 Å². The molecule has 0 aromatic heterocycles. The first-order valence-electron chi connectivity index (χ1n) is 14.0. The molecule has 6 rings (SSSR count). The minimum absolute atomic E-state index is 0.150. The summed E-state index contributed by atoms with van der Waals surface area (Å²) in [6.07, 6.45) is 0. The van der Waals surface area contributed by atoms with Gasteiger partial charge in [0.1, 0.15) is 0 Å². The molecular formula is C30H32ClN8O5P3. The van der Waals surface area contributed by atoms with Gasteiger partial charge in [-0.15, -0.1) is 0 Å². The van der Waals surface area contributed by atoms with Crippen LogP contribution in [0, 0.1) is 0 Å². The average Bonchev–Trinajstić information content (AvgIpc) is 3.05. The van der Waals surface area contributed by atoms with Gasteiger partial charge in [0.15, 0.2) is 0 Å². The van der Waals surface area contributed by atoms with Crippen LogP contribution < -0.4 is 56.5 Å². The van der Waals surface area contributed by atoms with Crippen LogP contribution in [-0.4, -0.2) is 4.60 Å².